The van der Waals surface area contributed by atoms with Gasteiger partial charge in [0.25, 0.3) is 5.91 Å². The van der Waals surface area contributed by atoms with Crippen LogP contribution < -0.4 is 11.1 Å². The van der Waals surface area contributed by atoms with Gasteiger partial charge in [-0.2, -0.15) is 0 Å². The third-order valence-corrected chi connectivity index (χ3v) is 7.06. The Morgan fingerprint density at radius 2 is 1.85 bits per heavy atom. The lowest BCUT2D eigenvalue weighted by Gasteiger charge is -2.28. The van der Waals surface area contributed by atoms with Gasteiger partial charge in [-0.25, -0.2) is 4.79 Å². The molecule has 4 N–H and O–H groups in total. The first kappa shape index (κ1) is 25.0. The van der Waals surface area contributed by atoms with Crippen molar-refractivity contribution in [3.63, 3.8) is 0 Å². The van der Waals surface area contributed by atoms with Gasteiger partial charge in [-0.1, -0.05) is 62.4 Å². The van der Waals surface area contributed by atoms with Crippen LogP contribution in [-0.2, 0) is 14.3 Å². The molecule has 1 heterocycles. The van der Waals surface area contributed by atoms with E-state index in [4.69, 9.17) is 10.5 Å². The fourth-order valence-electron chi connectivity index (χ4n) is 5.17. The minimum atomic E-state index is -0.983. The summed E-state index contributed by atoms with van der Waals surface area (Å²) in [6.07, 6.45) is 4.88. The summed E-state index contributed by atoms with van der Waals surface area (Å²) in [6.45, 7) is 2.36. The average molecular weight is 460 g/mol. The minimum Gasteiger partial charge on any atom is -0.436 e. The molecule has 0 spiro atoms. The van der Waals surface area contributed by atoms with Crippen LogP contribution in [0.1, 0.15) is 69.9 Å². The molecule has 33 heavy (non-hydrogen) atoms. The van der Waals surface area contributed by atoms with E-state index >= 15 is 0 Å². The number of benzene rings is 1. The lowest BCUT2D eigenvalue weighted by Crippen LogP contribution is -2.47. The summed E-state index contributed by atoms with van der Waals surface area (Å²) in [5.74, 6) is -0.391. The molecule has 0 bridgehead atoms. The van der Waals surface area contributed by atoms with Crippen molar-refractivity contribution in [2.75, 3.05) is 13.2 Å². The molecular weight excluding hydrogens is 422 g/mol. The summed E-state index contributed by atoms with van der Waals surface area (Å²) >= 11 is 0. The Balaban J connectivity index is 1.57. The van der Waals surface area contributed by atoms with Gasteiger partial charge >= 0.3 is 6.09 Å². The predicted octanol–water partition coefficient (Wildman–Crippen LogP) is 2.90. The summed E-state index contributed by atoms with van der Waals surface area (Å²) < 4.78 is 5.12. The van der Waals surface area contributed by atoms with Crippen molar-refractivity contribution in [3.8, 4) is 0 Å². The molecule has 8 heteroatoms. The van der Waals surface area contributed by atoms with Gasteiger partial charge in [-0.3, -0.25) is 9.59 Å². The van der Waals surface area contributed by atoms with E-state index in [0.29, 0.717) is 31.7 Å². The maximum absolute atomic E-state index is 13.0. The highest BCUT2D eigenvalue weighted by molar-refractivity contribution is 5.84. The second-order valence-corrected chi connectivity index (χ2v) is 9.39. The molecule has 3 unspecified atom stereocenters. The summed E-state index contributed by atoms with van der Waals surface area (Å²) in [5.41, 5.74) is 6.28. The molecule has 3 rings (SSSR count). The number of nitrogens with one attached hydrogen (secondary N) is 1. The van der Waals surface area contributed by atoms with E-state index in [-0.39, 0.29) is 24.5 Å². The van der Waals surface area contributed by atoms with E-state index in [0.717, 1.165) is 31.2 Å². The molecule has 2 aliphatic rings. The van der Waals surface area contributed by atoms with Crippen molar-refractivity contribution in [2.45, 2.75) is 76.5 Å². The molecule has 1 aliphatic heterocycles. The monoisotopic (exact) mass is 459 g/mol. The molecule has 1 aromatic carbocycles. The number of primary amides is 1. The smallest absolute Gasteiger partial charge is 0.405 e. The Labute approximate surface area is 195 Å². The zero-order valence-corrected chi connectivity index (χ0v) is 19.4. The molecule has 2 fully saturated rings. The molecule has 0 aromatic heterocycles. The highest BCUT2D eigenvalue weighted by Gasteiger charge is 2.37. The quantitative estimate of drug-likeness (QED) is 0.497. The third-order valence-electron chi connectivity index (χ3n) is 7.06. The number of aliphatic hydroxyl groups is 1. The largest absolute Gasteiger partial charge is 0.436 e. The van der Waals surface area contributed by atoms with Crippen LogP contribution in [0.5, 0.6) is 0 Å². The molecule has 1 saturated carbocycles. The maximum atomic E-state index is 13.0. The molecule has 182 valence electrons. The number of rotatable bonds is 10. The number of likely N-dealkylation sites (tertiary alicyclic amines) is 1. The number of carbonyl (C=O) groups is 3. The average Bonchev–Trinajstić information content (AvgIpc) is 3.18. The van der Waals surface area contributed by atoms with Gasteiger partial charge in [-0.05, 0) is 37.7 Å². The van der Waals surface area contributed by atoms with Crippen molar-refractivity contribution in [2.24, 2.45) is 17.6 Å². The second kappa shape index (κ2) is 12.0. The van der Waals surface area contributed by atoms with Crippen molar-refractivity contribution in [1.82, 2.24) is 10.2 Å². The summed E-state index contributed by atoms with van der Waals surface area (Å²) in [6, 6.07) is 9.25. The first-order chi connectivity index (χ1) is 15.9. The van der Waals surface area contributed by atoms with Crippen LogP contribution in [0.4, 0.5) is 4.79 Å². The normalized spacial score (nSPS) is 21.9. The van der Waals surface area contributed by atoms with Gasteiger partial charge < -0.3 is 25.8 Å². The minimum absolute atomic E-state index is 0.0327. The molecular formula is C25H37N3O5. The first-order valence-corrected chi connectivity index (χ1v) is 12.1. The fraction of sp³-hybridized carbons (Fsp3) is 0.640. The predicted molar refractivity (Wildman–Crippen MR) is 124 cm³/mol. The molecule has 0 radical (unpaired) electrons. The van der Waals surface area contributed by atoms with E-state index in [2.05, 4.69) is 5.32 Å². The van der Waals surface area contributed by atoms with Gasteiger partial charge in [0.1, 0.15) is 0 Å². The van der Waals surface area contributed by atoms with Gasteiger partial charge in [0.2, 0.25) is 5.91 Å². The SMILES string of the molecule is CC(c1ccccc1)N1CCC(CC(CO)NC(=O)[C@H](CC2CCCCC2)OC(N)=O)C1=O. The molecule has 4 atom stereocenters. The third kappa shape index (κ3) is 6.93. The number of carbonyl (C=O) groups excluding carboxylic acids is 3. The summed E-state index contributed by atoms with van der Waals surface area (Å²) in [5, 5.41) is 12.7. The number of aliphatic hydroxyl groups excluding tert-OH is 1. The lowest BCUT2D eigenvalue weighted by molar-refractivity contribution is -0.135. The Bertz CT molecular complexity index is 796. The number of nitrogens with zero attached hydrogens (tertiary/aromatic N) is 1. The molecule has 1 aromatic rings. The number of hydrogen-bond acceptors (Lipinski definition) is 5. The Morgan fingerprint density at radius 3 is 2.48 bits per heavy atom. The molecule has 1 aliphatic carbocycles. The Morgan fingerprint density at radius 1 is 1.15 bits per heavy atom. The molecule has 1 saturated heterocycles. The van der Waals surface area contributed by atoms with E-state index in [1.165, 1.54) is 6.42 Å². The van der Waals surface area contributed by atoms with Crippen LogP contribution in [-0.4, -0.2) is 53.2 Å². The Kier molecular flexibility index (Phi) is 9.11. The van der Waals surface area contributed by atoms with E-state index in [1.807, 2.05) is 42.2 Å². The number of hydrogen-bond donors (Lipinski definition) is 3. The van der Waals surface area contributed by atoms with Gasteiger partial charge in [0, 0.05) is 12.5 Å². The standard InChI is InChI=1S/C25H37N3O5/c1-17(19-10-6-3-7-11-19)28-13-12-20(24(28)31)15-21(16-29)27-23(30)22(33-25(26)32)14-18-8-4-2-5-9-18/h3,6-7,10-11,17-18,20-22,29H,2,4-5,8-9,12-16H2,1H3,(H2,26,32)(H,27,30)/t17?,20?,21?,22-/m0/s1. The van der Waals surface area contributed by atoms with Crippen LogP contribution in [0.25, 0.3) is 0 Å². The molecule has 3 amide bonds. The van der Waals surface area contributed by atoms with Crippen LogP contribution in [0, 0.1) is 11.8 Å². The Hall–Kier alpha value is -2.61. The van der Waals surface area contributed by atoms with Gasteiger partial charge in [0.15, 0.2) is 6.10 Å². The lowest BCUT2D eigenvalue weighted by atomic mass is 9.85. The molecule has 8 nitrogen and oxygen atoms in total. The van der Waals surface area contributed by atoms with Crippen molar-refractivity contribution < 1.29 is 24.2 Å². The number of nitrogens with two attached hydrogens (primary N) is 1. The van der Waals surface area contributed by atoms with Crippen LogP contribution in [0.3, 0.4) is 0 Å². The van der Waals surface area contributed by atoms with Crippen molar-refractivity contribution in [3.05, 3.63) is 35.9 Å². The number of amides is 3. The highest BCUT2D eigenvalue weighted by Crippen LogP contribution is 2.31. The zero-order chi connectivity index (χ0) is 23.8. The zero-order valence-electron chi connectivity index (χ0n) is 19.4. The van der Waals surface area contributed by atoms with E-state index in [9.17, 15) is 19.5 Å². The van der Waals surface area contributed by atoms with Crippen LogP contribution in [0.2, 0.25) is 0 Å². The highest BCUT2D eigenvalue weighted by atomic mass is 16.6. The van der Waals surface area contributed by atoms with Gasteiger partial charge in [-0.15, -0.1) is 0 Å². The summed E-state index contributed by atoms with van der Waals surface area (Å²) in [7, 11) is 0. The topological polar surface area (TPSA) is 122 Å². The van der Waals surface area contributed by atoms with Crippen LogP contribution in [0.15, 0.2) is 30.3 Å². The second-order valence-electron chi connectivity index (χ2n) is 9.39. The van der Waals surface area contributed by atoms with Crippen molar-refractivity contribution >= 4 is 17.9 Å². The van der Waals surface area contributed by atoms with Crippen molar-refractivity contribution in [1.29, 1.82) is 0 Å². The van der Waals surface area contributed by atoms with Crippen LogP contribution >= 0.6 is 0 Å². The fourth-order valence-corrected chi connectivity index (χ4v) is 5.17. The first-order valence-electron chi connectivity index (χ1n) is 12.1. The number of ether oxygens (including phenoxy) is 1. The summed E-state index contributed by atoms with van der Waals surface area (Å²) in [4.78, 5) is 39.2. The van der Waals surface area contributed by atoms with E-state index < -0.39 is 24.1 Å². The van der Waals surface area contributed by atoms with Gasteiger partial charge in [0.05, 0.1) is 18.7 Å². The van der Waals surface area contributed by atoms with E-state index in [1.54, 1.807) is 0 Å². The maximum Gasteiger partial charge on any atom is 0.405 e.